The van der Waals surface area contributed by atoms with Gasteiger partial charge in [-0.3, -0.25) is 0 Å². The van der Waals surface area contributed by atoms with Gasteiger partial charge in [0.25, 0.3) is 0 Å². The minimum absolute atomic E-state index is 0.649. The molecule has 3 nitrogen and oxygen atoms in total. The highest BCUT2D eigenvalue weighted by Crippen LogP contribution is 2.17. The van der Waals surface area contributed by atoms with Gasteiger partial charge in [-0.05, 0) is 64.8 Å². The topological polar surface area (TPSA) is 18.5 Å². The predicted molar refractivity (Wildman–Crippen MR) is 89.3 cm³/mol. The van der Waals surface area contributed by atoms with Crippen LogP contribution in [0.4, 0.5) is 0 Å². The Morgan fingerprint density at radius 3 is 2.45 bits per heavy atom. The van der Waals surface area contributed by atoms with Crippen molar-refractivity contribution in [2.45, 2.75) is 52.5 Å². The Morgan fingerprint density at radius 2 is 1.90 bits per heavy atom. The summed E-state index contributed by atoms with van der Waals surface area (Å²) in [6.07, 6.45) is 5.24. The molecule has 0 aliphatic carbocycles. The molecule has 0 spiro atoms. The maximum atomic E-state index is 3.75. The third-order valence-electron chi connectivity index (χ3n) is 4.90. The number of rotatable bonds is 9. The van der Waals surface area contributed by atoms with Crippen LogP contribution in [0, 0.1) is 11.8 Å². The van der Waals surface area contributed by atoms with Crippen LogP contribution in [-0.2, 0) is 0 Å². The summed E-state index contributed by atoms with van der Waals surface area (Å²) >= 11 is 0. The molecule has 1 aliphatic heterocycles. The predicted octanol–water partition coefficient (Wildman–Crippen LogP) is 2.67. The molecule has 2 unspecified atom stereocenters. The Morgan fingerprint density at radius 1 is 1.25 bits per heavy atom. The summed E-state index contributed by atoms with van der Waals surface area (Å²) in [4.78, 5) is 5.02. The van der Waals surface area contributed by atoms with E-state index in [0.29, 0.717) is 6.04 Å². The van der Waals surface area contributed by atoms with Crippen LogP contribution in [0.2, 0.25) is 0 Å². The Labute approximate surface area is 127 Å². The van der Waals surface area contributed by atoms with E-state index >= 15 is 0 Å². The Kier molecular flexibility index (Phi) is 8.74. The van der Waals surface area contributed by atoms with Gasteiger partial charge in [0.05, 0.1) is 0 Å². The number of hydrogen-bond donors (Lipinski definition) is 1. The summed E-state index contributed by atoms with van der Waals surface area (Å²) in [6, 6.07) is 0.649. The average molecular weight is 284 g/mol. The van der Waals surface area contributed by atoms with Crippen molar-refractivity contribution >= 4 is 0 Å². The van der Waals surface area contributed by atoms with E-state index in [1.165, 1.54) is 51.9 Å². The van der Waals surface area contributed by atoms with Gasteiger partial charge in [0.1, 0.15) is 0 Å². The first kappa shape index (κ1) is 17.9. The van der Waals surface area contributed by atoms with Gasteiger partial charge in [0, 0.05) is 19.1 Å². The van der Waals surface area contributed by atoms with Gasteiger partial charge in [0.15, 0.2) is 0 Å². The summed E-state index contributed by atoms with van der Waals surface area (Å²) in [5.41, 5.74) is 0. The van der Waals surface area contributed by atoms with Crippen LogP contribution in [0.3, 0.4) is 0 Å². The van der Waals surface area contributed by atoms with Gasteiger partial charge in [-0.15, -0.1) is 0 Å². The van der Waals surface area contributed by atoms with Crippen LogP contribution in [-0.4, -0.2) is 62.7 Å². The van der Waals surface area contributed by atoms with Crippen molar-refractivity contribution in [3.63, 3.8) is 0 Å². The number of piperidine rings is 1. The molecule has 20 heavy (non-hydrogen) atoms. The molecule has 1 rings (SSSR count). The summed E-state index contributed by atoms with van der Waals surface area (Å²) in [7, 11) is 4.55. The van der Waals surface area contributed by atoms with E-state index in [-0.39, 0.29) is 0 Å². The second kappa shape index (κ2) is 9.75. The van der Waals surface area contributed by atoms with Crippen molar-refractivity contribution in [2.24, 2.45) is 11.8 Å². The number of nitrogens with one attached hydrogen (secondary N) is 1. The zero-order valence-corrected chi connectivity index (χ0v) is 14.5. The second-order valence-electron chi connectivity index (χ2n) is 6.91. The highest BCUT2D eigenvalue weighted by Gasteiger charge is 2.21. The van der Waals surface area contributed by atoms with Crippen LogP contribution >= 0.6 is 0 Å². The lowest BCUT2D eigenvalue weighted by Crippen LogP contribution is -2.45. The molecular formula is C17H37N3. The van der Waals surface area contributed by atoms with E-state index in [9.17, 15) is 0 Å². The number of likely N-dealkylation sites (N-methyl/N-ethyl adjacent to an activating group) is 1. The molecule has 0 bridgehead atoms. The summed E-state index contributed by atoms with van der Waals surface area (Å²) < 4.78 is 0. The van der Waals surface area contributed by atoms with Gasteiger partial charge >= 0.3 is 0 Å². The SMILES string of the molecule is CCCNC(CN(C)CC1CCN(C)CC1)C(C)CC. The molecule has 2 atom stereocenters. The maximum absolute atomic E-state index is 3.75. The third-order valence-corrected chi connectivity index (χ3v) is 4.90. The molecule has 1 heterocycles. The van der Waals surface area contributed by atoms with Gasteiger partial charge in [-0.2, -0.15) is 0 Å². The van der Waals surface area contributed by atoms with Gasteiger partial charge in [-0.25, -0.2) is 0 Å². The molecule has 1 fully saturated rings. The molecule has 0 amide bonds. The molecule has 120 valence electrons. The molecule has 0 radical (unpaired) electrons. The van der Waals surface area contributed by atoms with Gasteiger partial charge < -0.3 is 15.1 Å². The molecule has 0 aromatic heterocycles. The lowest BCUT2D eigenvalue weighted by Gasteiger charge is -2.34. The largest absolute Gasteiger partial charge is 0.312 e. The lowest BCUT2D eigenvalue weighted by molar-refractivity contribution is 0.161. The summed E-state index contributed by atoms with van der Waals surface area (Å²) in [6.45, 7) is 13.1. The summed E-state index contributed by atoms with van der Waals surface area (Å²) in [5, 5.41) is 3.75. The van der Waals surface area contributed by atoms with Crippen molar-refractivity contribution in [1.82, 2.24) is 15.1 Å². The Hall–Kier alpha value is -0.120. The molecule has 0 saturated carbocycles. The first-order chi connectivity index (χ1) is 9.56. The number of likely N-dealkylation sites (tertiary alicyclic amines) is 1. The monoisotopic (exact) mass is 283 g/mol. The minimum Gasteiger partial charge on any atom is -0.312 e. The molecule has 3 heteroatoms. The maximum Gasteiger partial charge on any atom is 0.0220 e. The molecule has 0 aromatic carbocycles. The van der Waals surface area contributed by atoms with Gasteiger partial charge in [0.2, 0.25) is 0 Å². The van der Waals surface area contributed by atoms with Crippen LogP contribution in [0.15, 0.2) is 0 Å². The van der Waals surface area contributed by atoms with Gasteiger partial charge in [-0.1, -0.05) is 27.2 Å². The molecule has 1 aliphatic rings. The Bertz CT molecular complexity index is 236. The molecular weight excluding hydrogens is 246 g/mol. The van der Waals surface area contributed by atoms with Crippen molar-refractivity contribution in [2.75, 3.05) is 46.8 Å². The average Bonchev–Trinajstić information content (AvgIpc) is 2.45. The zero-order valence-electron chi connectivity index (χ0n) is 14.5. The zero-order chi connectivity index (χ0) is 15.0. The van der Waals surface area contributed by atoms with Crippen molar-refractivity contribution in [3.8, 4) is 0 Å². The third kappa shape index (κ3) is 6.55. The van der Waals surface area contributed by atoms with Crippen LogP contribution in [0.5, 0.6) is 0 Å². The molecule has 0 aromatic rings. The molecule has 1 saturated heterocycles. The highest BCUT2D eigenvalue weighted by molar-refractivity contribution is 4.78. The number of hydrogen-bond acceptors (Lipinski definition) is 3. The van der Waals surface area contributed by atoms with Crippen molar-refractivity contribution in [3.05, 3.63) is 0 Å². The van der Waals surface area contributed by atoms with E-state index in [2.05, 4.69) is 50.0 Å². The van der Waals surface area contributed by atoms with E-state index < -0.39 is 0 Å². The lowest BCUT2D eigenvalue weighted by atomic mass is 9.95. The summed E-state index contributed by atoms with van der Waals surface area (Å²) in [5.74, 6) is 1.67. The number of nitrogens with zero attached hydrogens (tertiary/aromatic N) is 2. The second-order valence-corrected chi connectivity index (χ2v) is 6.91. The van der Waals surface area contributed by atoms with Crippen LogP contribution in [0.1, 0.15) is 46.5 Å². The van der Waals surface area contributed by atoms with E-state index in [4.69, 9.17) is 0 Å². The normalized spacial score (nSPS) is 21.3. The van der Waals surface area contributed by atoms with E-state index in [0.717, 1.165) is 18.4 Å². The first-order valence-corrected chi connectivity index (χ1v) is 8.67. The smallest absolute Gasteiger partial charge is 0.0220 e. The van der Waals surface area contributed by atoms with E-state index in [1.54, 1.807) is 0 Å². The molecule has 1 N–H and O–H groups in total. The van der Waals surface area contributed by atoms with Crippen LogP contribution < -0.4 is 5.32 Å². The standard InChI is InChI=1S/C17H37N3/c1-6-10-18-17(15(3)7-2)14-20(5)13-16-8-11-19(4)12-9-16/h15-18H,6-14H2,1-5H3. The fraction of sp³-hybridized carbons (Fsp3) is 1.00. The minimum atomic E-state index is 0.649. The van der Waals surface area contributed by atoms with Crippen molar-refractivity contribution < 1.29 is 0 Å². The first-order valence-electron chi connectivity index (χ1n) is 8.67. The van der Waals surface area contributed by atoms with E-state index in [1.807, 2.05) is 0 Å². The Balaban J connectivity index is 2.34. The quantitative estimate of drug-likeness (QED) is 0.702. The fourth-order valence-electron chi connectivity index (χ4n) is 3.16. The highest BCUT2D eigenvalue weighted by atomic mass is 15.1. The van der Waals surface area contributed by atoms with Crippen molar-refractivity contribution in [1.29, 1.82) is 0 Å². The fourth-order valence-corrected chi connectivity index (χ4v) is 3.16. The van der Waals surface area contributed by atoms with Crippen LogP contribution in [0.25, 0.3) is 0 Å².